The van der Waals surface area contributed by atoms with E-state index < -0.39 is 0 Å². The molecule has 0 atom stereocenters. The number of halogens is 1. The van der Waals surface area contributed by atoms with Gasteiger partial charge in [0.1, 0.15) is 11.6 Å². The fourth-order valence-corrected chi connectivity index (χ4v) is 4.38. The van der Waals surface area contributed by atoms with Crippen molar-refractivity contribution < 1.29 is 13.9 Å². The lowest BCUT2D eigenvalue weighted by molar-refractivity contribution is -0.123. The van der Waals surface area contributed by atoms with Crippen LogP contribution in [0.5, 0.6) is 5.75 Å². The zero-order chi connectivity index (χ0) is 24.8. The van der Waals surface area contributed by atoms with Crippen molar-refractivity contribution in [1.29, 1.82) is 0 Å². The molecule has 4 rings (SSSR count). The summed E-state index contributed by atoms with van der Waals surface area (Å²) < 4.78 is 21.5. The molecule has 2 heterocycles. The third kappa shape index (κ3) is 6.46. The summed E-state index contributed by atoms with van der Waals surface area (Å²) in [5, 5.41) is 3.79. The number of hydrogen-bond donors (Lipinski definition) is 1. The molecule has 1 aromatic heterocycles. The van der Waals surface area contributed by atoms with Crippen molar-refractivity contribution in [2.24, 2.45) is 0 Å². The monoisotopic (exact) mass is 480 g/mol. The molecule has 8 heteroatoms. The van der Waals surface area contributed by atoms with Crippen LogP contribution in [0.25, 0.3) is 10.9 Å². The third-order valence-electron chi connectivity index (χ3n) is 6.52. The number of piperazine rings is 1. The maximum atomic E-state index is 14.2. The van der Waals surface area contributed by atoms with Crippen LogP contribution in [0.2, 0.25) is 0 Å². The van der Waals surface area contributed by atoms with Gasteiger partial charge in [0.15, 0.2) is 6.61 Å². The smallest absolute Gasteiger partial charge is 0.257 e. The van der Waals surface area contributed by atoms with Crippen LogP contribution in [0, 0.1) is 12.7 Å². The van der Waals surface area contributed by atoms with Gasteiger partial charge in [-0.25, -0.2) is 4.39 Å². The number of ether oxygens (including phenoxy) is 1. The number of fused-ring (bicyclic) bond motifs is 1. The van der Waals surface area contributed by atoms with Crippen LogP contribution >= 0.6 is 0 Å². The Bertz CT molecular complexity index is 1230. The summed E-state index contributed by atoms with van der Waals surface area (Å²) in [5.41, 5.74) is 1.69. The number of nitrogens with one attached hydrogen (secondary N) is 1. The Hall–Kier alpha value is -3.23. The molecule has 0 saturated carbocycles. The number of pyridine rings is 1. The van der Waals surface area contributed by atoms with Gasteiger partial charge in [-0.15, -0.1) is 0 Å². The second-order valence-electron chi connectivity index (χ2n) is 9.16. The zero-order valence-corrected chi connectivity index (χ0v) is 20.4. The number of likely N-dealkylation sites (N-methyl/N-ethyl adjacent to an activating group) is 1. The van der Waals surface area contributed by atoms with Crippen LogP contribution in [-0.4, -0.2) is 73.2 Å². The maximum absolute atomic E-state index is 14.2. The number of nitrogens with zero attached hydrogens (tertiary/aromatic N) is 3. The van der Waals surface area contributed by atoms with Gasteiger partial charge in [0.25, 0.3) is 11.5 Å². The van der Waals surface area contributed by atoms with Gasteiger partial charge in [0, 0.05) is 55.8 Å². The lowest BCUT2D eigenvalue weighted by Crippen LogP contribution is -2.45. The van der Waals surface area contributed by atoms with E-state index in [1.807, 2.05) is 13.0 Å². The fraction of sp³-hybridized carbons (Fsp3) is 0.407. The van der Waals surface area contributed by atoms with Crippen LogP contribution in [-0.2, 0) is 11.3 Å². The fourth-order valence-electron chi connectivity index (χ4n) is 4.38. The predicted octanol–water partition coefficient (Wildman–Crippen LogP) is 2.63. The molecule has 1 aliphatic heterocycles. The summed E-state index contributed by atoms with van der Waals surface area (Å²) in [5.74, 6) is -0.0568. The molecule has 186 valence electrons. The lowest BCUT2D eigenvalue weighted by Gasteiger charge is -2.32. The van der Waals surface area contributed by atoms with Crippen LogP contribution in [0.3, 0.4) is 0 Å². The summed E-state index contributed by atoms with van der Waals surface area (Å²) in [4.78, 5) is 29.8. The van der Waals surface area contributed by atoms with Gasteiger partial charge in [-0.2, -0.15) is 0 Å². The number of carbonyl (C=O) groups excluding carboxylic acids is 1. The molecule has 1 aliphatic rings. The SMILES string of the molecule is Cc1cc(=O)n(Cc2ccccc2F)c2cc(OCC(=O)NCCCN3CCN(C)CC3)ccc12. The van der Waals surface area contributed by atoms with E-state index in [9.17, 15) is 14.0 Å². The van der Waals surface area contributed by atoms with Crippen molar-refractivity contribution in [3.05, 3.63) is 75.8 Å². The summed E-state index contributed by atoms with van der Waals surface area (Å²) in [6.07, 6.45) is 0.896. The van der Waals surface area contributed by atoms with E-state index in [2.05, 4.69) is 22.2 Å². The number of benzene rings is 2. The Morgan fingerprint density at radius 1 is 1.09 bits per heavy atom. The summed E-state index contributed by atoms with van der Waals surface area (Å²) in [6.45, 7) is 7.75. The Morgan fingerprint density at radius 2 is 1.86 bits per heavy atom. The highest BCUT2D eigenvalue weighted by Gasteiger charge is 2.14. The molecule has 1 fully saturated rings. The number of rotatable bonds is 9. The number of aryl methyl sites for hydroxylation is 1. The van der Waals surface area contributed by atoms with Crippen molar-refractivity contribution in [3.8, 4) is 5.75 Å². The normalized spacial score (nSPS) is 14.8. The number of amides is 1. The molecule has 1 N–H and O–H groups in total. The van der Waals surface area contributed by atoms with E-state index in [4.69, 9.17) is 4.74 Å². The van der Waals surface area contributed by atoms with Gasteiger partial charge in [-0.1, -0.05) is 18.2 Å². The molecule has 0 spiro atoms. The van der Waals surface area contributed by atoms with Gasteiger partial charge in [-0.3, -0.25) is 9.59 Å². The maximum Gasteiger partial charge on any atom is 0.257 e. The quantitative estimate of drug-likeness (QED) is 0.477. The largest absolute Gasteiger partial charge is 0.484 e. The van der Waals surface area contributed by atoms with Crippen molar-refractivity contribution in [2.45, 2.75) is 19.9 Å². The van der Waals surface area contributed by atoms with Crippen molar-refractivity contribution in [3.63, 3.8) is 0 Å². The van der Waals surface area contributed by atoms with E-state index in [0.29, 0.717) is 23.4 Å². The van der Waals surface area contributed by atoms with E-state index in [0.717, 1.165) is 50.1 Å². The zero-order valence-electron chi connectivity index (χ0n) is 20.4. The van der Waals surface area contributed by atoms with Crippen molar-refractivity contribution in [1.82, 2.24) is 19.7 Å². The third-order valence-corrected chi connectivity index (χ3v) is 6.52. The minimum Gasteiger partial charge on any atom is -0.484 e. The minimum absolute atomic E-state index is 0.108. The Kier molecular flexibility index (Phi) is 8.15. The molecule has 0 radical (unpaired) electrons. The molecule has 35 heavy (non-hydrogen) atoms. The average molecular weight is 481 g/mol. The van der Waals surface area contributed by atoms with E-state index in [1.165, 1.54) is 10.6 Å². The first-order valence-corrected chi connectivity index (χ1v) is 12.1. The highest BCUT2D eigenvalue weighted by atomic mass is 19.1. The van der Waals surface area contributed by atoms with Gasteiger partial charge >= 0.3 is 0 Å². The molecule has 0 bridgehead atoms. The Morgan fingerprint density at radius 3 is 2.63 bits per heavy atom. The highest BCUT2D eigenvalue weighted by molar-refractivity contribution is 5.84. The molecule has 7 nitrogen and oxygen atoms in total. The van der Waals surface area contributed by atoms with Crippen molar-refractivity contribution in [2.75, 3.05) is 52.9 Å². The van der Waals surface area contributed by atoms with Crippen LogP contribution in [0.15, 0.2) is 53.3 Å². The molecular formula is C27H33FN4O3. The first-order valence-electron chi connectivity index (χ1n) is 12.1. The van der Waals surface area contributed by atoms with Crippen molar-refractivity contribution >= 4 is 16.8 Å². The number of carbonyl (C=O) groups is 1. The molecule has 1 saturated heterocycles. The van der Waals surface area contributed by atoms with E-state index in [1.54, 1.807) is 36.4 Å². The Labute approximate surface area is 205 Å². The molecule has 1 amide bonds. The minimum atomic E-state index is -0.357. The van der Waals surface area contributed by atoms with Crippen LogP contribution in [0.4, 0.5) is 4.39 Å². The van der Waals surface area contributed by atoms with Gasteiger partial charge in [0.05, 0.1) is 12.1 Å². The molecule has 0 aliphatic carbocycles. The average Bonchev–Trinajstić information content (AvgIpc) is 2.85. The summed E-state index contributed by atoms with van der Waals surface area (Å²) in [6, 6.07) is 13.4. The second-order valence-corrected chi connectivity index (χ2v) is 9.16. The standard InChI is InChI=1S/C27H33FN4O3/c1-20-16-27(34)32(18-21-6-3-4-7-24(21)28)25-17-22(8-9-23(20)25)35-19-26(33)29-10-5-11-31-14-12-30(2)13-15-31/h3-4,6-9,16-17H,5,10-15,18-19H2,1-2H3,(H,29,33). The van der Waals surface area contributed by atoms with E-state index in [-0.39, 0.29) is 30.4 Å². The van der Waals surface area contributed by atoms with E-state index >= 15 is 0 Å². The van der Waals surface area contributed by atoms with Gasteiger partial charge < -0.3 is 24.4 Å². The van der Waals surface area contributed by atoms with Crippen LogP contribution in [0.1, 0.15) is 17.5 Å². The number of hydrogen-bond acceptors (Lipinski definition) is 5. The molecular weight excluding hydrogens is 447 g/mol. The lowest BCUT2D eigenvalue weighted by atomic mass is 10.1. The number of aromatic nitrogens is 1. The molecule has 2 aromatic carbocycles. The summed E-state index contributed by atoms with van der Waals surface area (Å²) in [7, 11) is 2.14. The topological polar surface area (TPSA) is 66.8 Å². The van der Waals surface area contributed by atoms with Crippen LogP contribution < -0.4 is 15.6 Å². The Balaban J connectivity index is 1.36. The first kappa shape index (κ1) is 24.9. The summed E-state index contributed by atoms with van der Waals surface area (Å²) >= 11 is 0. The molecule has 3 aromatic rings. The highest BCUT2D eigenvalue weighted by Crippen LogP contribution is 2.23. The van der Waals surface area contributed by atoms with Gasteiger partial charge in [0.2, 0.25) is 0 Å². The first-order chi connectivity index (χ1) is 16.9. The predicted molar refractivity (Wildman–Crippen MR) is 136 cm³/mol. The molecule has 0 unspecified atom stereocenters. The van der Waals surface area contributed by atoms with Gasteiger partial charge in [-0.05, 0) is 50.7 Å². The second kappa shape index (κ2) is 11.5.